The quantitative estimate of drug-likeness (QED) is 0.791. The van der Waals surface area contributed by atoms with Crippen LogP contribution in [0, 0.1) is 18.3 Å². The first-order chi connectivity index (χ1) is 8.71. The summed E-state index contributed by atoms with van der Waals surface area (Å²) in [5, 5.41) is 9.10. The lowest BCUT2D eigenvalue weighted by atomic mass is 10.1. The third-order valence-electron chi connectivity index (χ3n) is 3.16. The number of benzene rings is 1. The first-order valence-corrected chi connectivity index (χ1v) is 6.05. The molecule has 0 saturated carbocycles. The van der Waals surface area contributed by atoms with Gasteiger partial charge in [-0.25, -0.2) is 0 Å². The molecule has 2 rings (SSSR count). The van der Waals surface area contributed by atoms with Crippen LogP contribution in [0.1, 0.15) is 23.7 Å². The number of nitriles is 1. The molecule has 0 amide bonds. The highest BCUT2D eigenvalue weighted by molar-refractivity contribution is 5.69. The summed E-state index contributed by atoms with van der Waals surface area (Å²) in [5.41, 5.74) is 5.19. The molecule has 1 aromatic heterocycles. The fraction of sp³-hybridized carbons (Fsp3) is 0.188. The van der Waals surface area contributed by atoms with E-state index in [1.165, 1.54) is 5.56 Å². The normalized spacial score (nSPS) is 10.1. The van der Waals surface area contributed by atoms with Crippen LogP contribution in [-0.2, 0) is 6.42 Å². The molecule has 2 heteroatoms. The van der Waals surface area contributed by atoms with Crippen LogP contribution in [0.2, 0.25) is 0 Å². The van der Waals surface area contributed by atoms with Crippen LogP contribution in [-0.4, -0.2) is 4.57 Å². The minimum absolute atomic E-state index is 0.622. The maximum absolute atomic E-state index is 9.10. The SMILES string of the molecule is C=Cn1c(C#N)cc(C)c1-c1ccc(CC)cc1. The summed E-state index contributed by atoms with van der Waals surface area (Å²) in [4.78, 5) is 0. The van der Waals surface area contributed by atoms with Gasteiger partial charge in [-0.1, -0.05) is 37.8 Å². The summed E-state index contributed by atoms with van der Waals surface area (Å²) in [5.74, 6) is 0. The largest absolute Gasteiger partial charge is 0.308 e. The van der Waals surface area contributed by atoms with E-state index in [4.69, 9.17) is 5.26 Å². The molecule has 18 heavy (non-hydrogen) atoms. The molecule has 0 N–H and O–H groups in total. The molecule has 0 spiro atoms. The molecule has 1 aromatic carbocycles. The van der Waals surface area contributed by atoms with Gasteiger partial charge in [0.1, 0.15) is 11.8 Å². The average molecular weight is 236 g/mol. The van der Waals surface area contributed by atoms with Gasteiger partial charge in [0.15, 0.2) is 0 Å². The number of aryl methyl sites for hydroxylation is 2. The summed E-state index contributed by atoms with van der Waals surface area (Å²) < 4.78 is 1.84. The second-order valence-corrected chi connectivity index (χ2v) is 4.28. The van der Waals surface area contributed by atoms with Crippen LogP contribution in [0.3, 0.4) is 0 Å². The van der Waals surface area contributed by atoms with E-state index in [-0.39, 0.29) is 0 Å². The van der Waals surface area contributed by atoms with Gasteiger partial charge in [0.25, 0.3) is 0 Å². The zero-order chi connectivity index (χ0) is 13.1. The minimum Gasteiger partial charge on any atom is -0.308 e. The van der Waals surface area contributed by atoms with Crippen molar-refractivity contribution in [3.8, 4) is 17.3 Å². The topological polar surface area (TPSA) is 28.7 Å². The Balaban J connectivity index is 2.59. The zero-order valence-corrected chi connectivity index (χ0v) is 10.8. The van der Waals surface area contributed by atoms with E-state index < -0.39 is 0 Å². The molecular formula is C16H16N2. The van der Waals surface area contributed by atoms with Crippen LogP contribution in [0.25, 0.3) is 17.5 Å². The Morgan fingerprint density at radius 3 is 2.50 bits per heavy atom. The lowest BCUT2D eigenvalue weighted by Gasteiger charge is -2.07. The van der Waals surface area contributed by atoms with Crippen LogP contribution in [0.4, 0.5) is 0 Å². The Morgan fingerprint density at radius 2 is 2.00 bits per heavy atom. The van der Waals surface area contributed by atoms with Gasteiger partial charge < -0.3 is 4.57 Å². The Morgan fingerprint density at radius 1 is 1.33 bits per heavy atom. The lowest BCUT2D eigenvalue weighted by Crippen LogP contribution is -1.94. The highest BCUT2D eigenvalue weighted by Gasteiger charge is 2.11. The first-order valence-electron chi connectivity index (χ1n) is 6.05. The second kappa shape index (κ2) is 4.93. The summed E-state index contributed by atoms with van der Waals surface area (Å²) in [6.07, 6.45) is 2.72. The van der Waals surface area contributed by atoms with Crippen LogP contribution < -0.4 is 0 Å². The fourth-order valence-corrected chi connectivity index (χ4v) is 2.19. The smallest absolute Gasteiger partial charge is 0.125 e. The predicted molar refractivity (Wildman–Crippen MR) is 75.1 cm³/mol. The predicted octanol–water partition coefficient (Wildman–Crippen LogP) is 4.00. The standard InChI is InChI=1S/C16H16N2/c1-4-13-6-8-14(9-7-13)16-12(3)10-15(11-17)18(16)5-2/h5-10H,2,4H2,1,3H3. The summed E-state index contributed by atoms with van der Waals surface area (Å²) in [6, 6.07) is 12.5. The Labute approximate surface area is 108 Å². The maximum atomic E-state index is 9.10. The van der Waals surface area contributed by atoms with E-state index >= 15 is 0 Å². The van der Waals surface area contributed by atoms with E-state index in [2.05, 4.69) is 43.8 Å². The summed E-state index contributed by atoms with van der Waals surface area (Å²) in [6.45, 7) is 7.94. The molecular weight excluding hydrogens is 220 g/mol. The number of hydrogen-bond acceptors (Lipinski definition) is 1. The van der Waals surface area contributed by atoms with Crippen LogP contribution >= 0.6 is 0 Å². The van der Waals surface area contributed by atoms with Gasteiger partial charge in [0.2, 0.25) is 0 Å². The molecule has 1 heterocycles. The number of rotatable bonds is 3. The van der Waals surface area contributed by atoms with Crippen LogP contribution in [0.15, 0.2) is 36.9 Å². The summed E-state index contributed by atoms with van der Waals surface area (Å²) >= 11 is 0. The average Bonchev–Trinajstić information content (AvgIpc) is 2.74. The van der Waals surface area contributed by atoms with E-state index in [0.29, 0.717) is 5.69 Å². The molecule has 0 unspecified atom stereocenters. The lowest BCUT2D eigenvalue weighted by molar-refractivity contribution is 1.12. The third kappa shape index (κ3) is 1.96. The van der Waals surface area contributed by atoms with Crippen molar-refractivity contribution < 1.29 is 0 Å². The van der Waals surface area contributed by atoms with E-state index in [1.54, 1.807) is 6.20 Å². The third-order valence-corrected chi connectivity index (χ3v) is 3.16. The summed E-state index contributed by atoms with van der Waals surface area (Å²) in [7, 11) is 0. The number of hydrogen-bond donors (Lipinski definition) is 0. The van der Waals surface area contributed by atoms with Gasteiger partial charge >= 0.3 is 0 Å². The van der Waals surface area contributed by atoms with E-state index in [9.17, 15) is 0 Å². The molecule has 0 aliphatic heterocycles. The molecule has 0 bridgehead atoms. The van der Waals surface area contributed by atoms with Gasteiger partial charge in [-0.2, -0.15) is 5.26 Å². The van der Waals surface area contributed by atoms with Gasteiger partial charge in [0, 0.05) is 6.20 Å². The van der Waals surface area contributed by atoms with Crippen molar-refractivity contribution in [2.75, 3.05) is 0 Å². The van der Waals surface area contributed by atoms with E-state index in [1.807, 2.05) is 17.6 Å². The number of nitrogens with zero attached hydrogens (tertiary/aromatic N) is 2. The van der Waals surface area contributed by atoms with Crippen molar-refractivity contribution in [2.45, 2.75) is 20.3 Å². The first kappa shape index (κ1) is 12.2. The fourth-order valence-electron chi connectivity index (χ4n) is 2.19. The highest BCUT2D eigenvalue weighted by atomic mass is 15.0. The number of aromatic nitrogens is 1. The molecule has 0 aliphatic carbocycles. The zero-order valence-electron chi connectivity index (χ0n) is 10.8. The van der Waals surface area contributed by atoms with Gasteiger partial charge in [-0.3, -0.25) is 0 Å². The van der Waals surface area contributed by atoms with Crippen molar-refractivity contribution in [2.24, 2.45) is 0 Å². The molecule has 0 aliphatic rings. The molecule has 90 valence electrons. The highest BCUT2D eigenvalue weighted by Crippen LogP contribution is 2.27. The maximum Gasteiger partial charge on any atom is 0.125 e. The Bertz CT molecular complexity index is 610. The monoisotopic (exact) mass is 236 g/mol. The minimum atomic E-state index is 0.622. The van der Waals surface area contributed by atoms with Crippen molar-refractivity contribution in [1.82, 2.24) is 4.57 Å². The molecule has 2 aromatic rings. The van der Waals surface area contributed by atoms with Gasteiger partial charge in [-0.05, 0) is 36.1 Å². The van der Waals surface area contributed by atoms with Crippen molar-refractivity contribution in [3.05, 3.63) is 53.7 Å². The van der Waals surface area contributed by atoms with Crippen molar-refractivity contribution in [3.63, 3.8) is 0 Å². The second-order valence-electron chi connectivity index (χ2n) is 4.28. The molecule has 0 radical (unpaired) electrons. The van der Waals surface area contributed by atoms with Crippen molar-refractivity contribution >= 4 is 6.20 Å². The van der Waals surface area contributed by atoms with E-state index in [0.717, 1.165) is 23.2 Å². The molecule has 0 saturated heterocycles. The van der Waals surface area contributed by atoms with Gasteiger partial charge in [0.05, 0.1) is 5.69 Å². The Hall–Kier alpha value is -2.27. The molecule has 0 fully saturated rings. The van der Waals surface area contributed by atoms with Crippen LogP contribution in [0.5, 0.6) is 0 Å². The van der Waals surface area contributed by atoms with Crippen molar-refractivity contribution in [1.29, 1.82) is 5.26 Å². The van der Waals surface area contributed by atoms with Gasteiger partial charge in [-0.15, -0.1) is 0 Å². The molecule has 2 nitrogen and oxygen atoms in total. The Kier molecular flexibility index (Phi) is 3.34. The molecule has 0 atom stereocenters.